The van der Waals surface area contributed by atoms with Gasteiger partial charge in [0.05, 0.1) is 11.8 Å². The van der Waals surface area contributed by atoms with Crippen LogP contribution in [0.2, 0.25) is 0 Å². The zero-order valence-corrected chi connectivity index (χ0v) is 18.4. The van der Waals surface area contributed by atoms with Gasteiger partial charge in [0.25, 0.3) is 0 Å². The highest BCUT2D eigenvalue weighted by atomic mass is 32.1. The molecule has 2 rings (SSSR count). The summed E-state index contributed by atoms with van der Waals surface area (Å²) >= 11 is 1.10. The Morgan fingerprint density at radius 1 is 1.38 bits per heavy atom. The van der Waals surface area contributed by atoms with Crippen LogP contribution < -0.4 is 5.32 Å². The average Bonchev–Trinajstić information content (AvgIpc) is 3.12. The van der Waals surface area contributed by atoms with E-state index in [1.54, 1.807) is 54.5 Å². The van der Waals surface area contributed by atoms with Crippen LogP contribution in [0.1, 0.15) is 64.0 Å². The van der Waals surface area contributed by atoms with E-state index in [2.05, 4.69) is 10.3 Å². The Morgan fingerprint density at radius 2 is 2.00 bits per heavy atom. The van der Waals surface area contributed by atoms with Crippen molar-refractivity contribution in [2.24, 2.45) is 0 Å². The van der Waals surface area contributed by atoms with Crippen LogP contribution in [0.25, 0.3) is 5.70 Å². The van der Waals surface area contributed by atoms with Crippen molar-refractivity contribution in [3.05, 3.63) is 22.2 Å². The van der Waals surface area contributed by atoms with Gasteiger partial charge in [-0.2, -0.15) is 0 Å². The summed E-state index contributed by atoms with van der Waals surface area (Å²) in [6.07, 6.45) is 0.379. The smallest absolute Gasteiger partial charge is 0.413 e. The number of rotatable bonds is 4. The van der Waals surface area contributed by atoms with E-state index in [9.17, 15) is 14.4 Å². The fourth-order valence-electron chi connectivity index (χ4n) is 3.05. The molecule has 2 atom stereocenters. The Hall–Kier alpha value is -2.46. The SMILES string of the molecule is C/C=C(\NC(=O)[C@@H]1[C@@H](C)OC(C)(C)N1C(=O)OC(C)(C)C)c1nc(C(=O)O)cs1. The molecule has 0 spiro atoms. The van der Waals surface area contributed by atoms with Crippen molar-refractivity contribution >= 4 is 35.0 Å². The van der Waals surface area contributed by atoms with Crippen LogP contribution in [0, 0.1) is 0 Å². The molecule has 1 aliphatic rings. The van der Waals surface area contributed by atoms with Gasteiger partial charge >= 0.3 is 12.1 Å². The fraction of sp³-hybridized carbons (Fsp3) is 0.579. The van der Waals surface area contributed by atoms with E-state index in [4.69, 9.17) is 14.6 Å². The number of thiazole rings is 1. The second-order valence-corrected chi connectivity index (χ2v) is 8.96. The minimum Gasteiger partial charge on any atom is -0.476 e. The van der Waals surface area contributed by atoms with Crippen LogP contribution in [0.4, 0.5) is 4.79 Å². The molecule has 1 aromatic rings. The predicted octanol–water partition coefficient (Wildman–Crippen LogP) is 3.08. The predicted molar refractivity (Wildman–Crippen MR) is 107 cm³/mol. The lowest BCUT2D eigenvalue weighted by molar-refractivity contribution is -0.125. The highest BCUT2D eigenvalue weighted by molar-refractivity contribution is 7.11. The van der Waals surface area contributed by atoms with Gasteiger partial charge in [0.15, 0.2) is 5.69 Å². The lowest BCUT2D eigenvalue weighted by Crippen LogP contribution is -2.55. The van der Waals surface area contributed by atoms with Crippen molar-refractivity contribution in [1.29, 1.82) is 0 Å². The Balaban J connectivity index is 2.27. The molecular weight excluding hydrogens is 398 g/mol. The molecule has 1 aliphatic heterocycles. The molecule has 10 heteroatoms. The number of nitrogens with one attached hydrogen (secondary N) is 1. The molecule has 29 heavy (non-hydrogen) atoms. The van der Waals surface area contributed by atoms with Gasteiger partial charge in [0.2, 0.25) is 5.91 Å². The third-order valence-corrected chi connectivity index (χ3v) is 5.01. The van der Waals surface area contributed by atoms with Crippen molar-refractivity contribution in [2.45, 2.75) is 71.9 Å². The molecule has 0 radical (unpaired) electrons. The summed E-state index contributed by atoms with van der Waals surface area (Å²) in [6, 6.07) is -0.936. The first-order chi connectivity index (χ1) is 13.3. The number of allylic oxidation sites excluding steroid dienone is 1. The molecule has 9 nitrogen and oxygen atoms in total. The molecule has 0 aromatic carbocycles. The lowest BCUT2D eigenvalue weighted by atomic mass is 10.1. The van der Waals surface area contributed by atoms with Gasteiger partial charge in [-0.3, -0.25) is 9.69 Å². The van der Waals surface area contributed by atoms with Crippen LogP contribution in [0.3, 0.4) is 0 Å². The van der Waals surface area contributed by atoms with Gasteiger partial charge in [-0.25, -0.2) is 14.6 Å². The van der Waals surface area contributed by atoms with Crippen LogP contribution in [-0.4, -0.2) is 56.4 Å². The molecule has 0 aliphatic carbocycles. The van der Waals surface area contributed by atoms with E-state index < -0.39 is 41.4 Å². The Kier molecular flexibility index (Phi) is 6.39. The normalized spacial score (nSPS) is 21.8. The Morgan fingerprint density at radius 3 is 2.48 bits per heavy atom. The number of carboxylic acids is 1. The largest absolute Gasteiger partial charge is 0.476 e. The van der Waals surface area contributed by atoms with Crippen molar-refractivity contribution in [3.8, 4) is 0 Å². The van der Waals surface area contributed by atoms with Crippen LogP contribution in [0.5, 0.6) is 0 Å². The quantitative estimate of drug-likeness (QED) is 0.761. The second kappa shape index (κ2) is 8.11. The summed E-state index contributed by atoms with van der Waals surface area (Å²) in [6.45, 7) is 12.0. The molecule has 2 heterocycles. The van der Waals surface area contributed by atoms with Crippen molar-refractivity contribution < 1.29 is 29.0 Å². The molecule has 2 amide bonds. The van der Waals surface area contributed by atoms with Gasteiger partial charge in [-0.15, -0.1) is 11.3 Å². The van der Waals surface area contributed by atoms with Crippen LogP contribution >= 0.6 is 11.3 Å². The summed E-state index contributed by atoms with van der Waals surface area (Å²) in [7, 11) is 0. The molecule has 160 valence electrons. The number of aromatic carboxylic acids is 1. The summed E-state index contributed by atoms with van der Waals surface area (Å²) in [5.74, 6) is -1.63. The number of hydrogen-bond donors (Lipinski definition) is 2. The molecule has 0 bridgehead atoms. The third kappa shape index (κ3) is 5.13. The van der Waals surface area contributed by atoms with E-state index >= 15 is 0 Å². The van der Waals surface area contributed by atoms with Crippen molar-refractivity contribution in [2.75, 3.05) is 0 Å². The summed E-state index contributed by atoms with van der Waals surface area (Å²) in [4.78, 5) is 42.2. The first-order valence-corrected chi connectivity index (χ1v) is 10.0. The maximum absolute atomic E-state index is 13.1. The topological polar surface area (TPSA) is 118 Å². The number of carbonyl (C=O) groups is 3. The molecule has 1 aromatic heterocycles. The first-order valence-electron chi connectivity index (χ1n) is 9.13. The maximum Gasteiger partial charge on any atom is 0.413 e. The second-order valence-electron chi connectivity index (χ2n) is 8.10. The van der Waals surface area contributed by atoms with Crippen molar-refractivity contribution in [3.63, 3.8) is 0 Å². The molecular formula is C19H27N3O6S. The number of nitrogens with zero attached hydrogens (tertiary/aromatic N) is 2. The number of carboxylic acid groups (broad SMARTS) is 1. The van der Waals surface area contributed by atoms with E-state index in [1.807, 2.05) is 0 Å². The first kappa shape index (κ1) is 22.8. The van der Waals surface area contributed by atoms with E-state index in [-0.39, 0.29) is 5.69 Å². The molecule has 2 N–H and O–H groups in total. The Bertz CT molecular complexity index is 839. The lowest BCUT2D eigenvalue weighted by Gasteiger charge is -2.34. The van der Waals surface area contributed by atoms with Crippen molar-refractivity contribution in [1.82, 2.24) is 15.2 Å². The van der Waals surface area contributed by atoms with Crippen LogP contribution in [0.15, 0.2) is 11.5 Å². The summed E-state index contributed by atoms with van der Waals surface area (Å²) in [5.41, 5.74) is -1.53. The van der Waals surface area contributed by atoms with Gasteiger partial charge in [0.1, 0.15) is 22.4 Å². The van der Waals surface area contributed by atoms with Crippen LogP contribution in [-0.2, 0) is 14.3 Å². The zero-order chi connectivity index (χ0) is 22.1. The van der Waals surface area contributed by atoms with Gasteiger partial charge < -0.3 is 19.9 Å². The van der Waals surface area contributed by atoms with Gasteiger partial charge in [-0.05, 0) is 48.5 Å². The van der Waals surface area contributed by atoms with E-state index in [1.165, 1.54) is 10.3 Å². The standard InChI is InChI=1S/C19H27N3O6S/c1-8-11(15-21-12(9-29-15)16(24)25)20-14(23)13-10(2)27-19(6,7)22(13)17(26)28-18(3,4)5/h8-10,13H,1-7H3,(H,20,23)(H,24,25)/b11-8-/t10-,13+/m1/s1. The minimum absolute atomic E-state index is 0.104. The summed E-state index contributed by atoms with van der Waals surface area (Å²) in [5, 5.41) is 13.5. The molecule has 0 saturated carbocycles. The Labute approximate surface area is 173 Å². The third-order valence-electron chi connectivity index (χ3n) is 4.14. The fourth-order valence-corrected chi connectivity index (χ4v) is 3.87. The molecule has 0 unspecified atom stereocenters. The van der Waals surface area contributed by atoms with Gasteiger partial charge in [-0.1, -0.05) is 6.08 Å². The highest BCUT2D eigenvalue weighted by Crippen LogP contribution is 2.34. The monoisotopic (exact) mass is 425 g/mol. The summed E-state index contributed by atoms with van der Waals surface area (Å²) < 4.78 is 11.3. The molecule has 1 saturated heterocycles. The zero-order valence-electron chi connectivity index (χ0n) is 17.6. The average molecular weight is 426 g/mol. The number of ether oxygens (including phenoxy) is 2. The number of hydrogen-bond acceptors (Lipinski definition) is 7. The number of aromatic nitrogens is 1. The highest BCUT2D eigenvalue weighted by Gasteiger charge is 2.52. The van der Waals surface area contributed by atoms with E-state index in [0.717, 1.165) is 11.3 Å². The number of amides is 2. The molecule has 1 fully saturated rings. The van der Waals surface area contributed by atoms with E-state index in [0.29, 0.717) is 10.7 Å². The minimum atomic E-state index is -1.15. The number of carbonyl (C=O) groups excluding carboxylic acids is 2. The van der Waals surface area contributed by atoms with Gasteiger partial charge in [0, 0.05) is 5.38 Å². The maximum atomic E-state index is 13.1.